The van der Waals surface area contributed by atoms with Crippen molar-refractivity contribution in [3.8, 4) is 5.75 Å². The van der Waals surface area contributed by atoms with E-state index in [1.165, 1.54) is 5.57 Å². The number of nitrogens with one attached hydrogen (secondary N) is 1. The first-order valence-electron chi connectivity index (χ1n) is 7.03. The average molecular weight is 326 g/mol. The second-order valence-corrected chi connectivity index (χ2v) is 5.38. The van der Waals surface area contributed by atoms with Gasteiger partial charge in [-0.05, 0) is 37.6 Å². The Balaban J connectivity index is 2.94. The van der Waals surface area contributed by atoms with Gasteiger partial charge >= 0.3 is 0 Å². The minimum Gasteiger partial charge on any atom is -0.493 e. The van der Waals surface area contributed by atoms with Crippen LogP contribution in [-0.4, -0.2) is 19.7 Å². The molecule has 1 N–H and O–H groups in total. The summed E-state index contributed by atoms with van der Waals surface area (Å²) in [5.41, 5.74) is 2.54. The van der Waals surface area contributed by atoms with Crippen LogP contribution >= 0.6 is 15.9 Å². The molecule has 0 unspecified atom stereocenters. The van der Waals surface area contributed by atoms with Crippen LogP contribution in [0.5, 0.6) is 5.75 Å². The van der Waals surface area contributed by atoms with Crippen LogP contribution in [0.25, 0.3) is 6.08 Å². The van der Waals surface area contributed by atoms with Crippen LogP contribution in [0.2, 0.25) is 0 Å². The molecule has 0 aromatic heterocycles. The molecular weight excluding hydrogens is 302 g/mol. The molecule has 1 rings (SSSR count). The number of benzene rings is 1. The Labute approximate surface area is 125 Å². The van der Waals surface area contributed by atoms with E-state index in [1.54, 1.807) is 0 Å². The van der Waals surface area contributed by atoms with E-state index in [1.807, 2.05) is 12.1 Å². The van der Waals surface area contributed by atoms with Crippen LogP contribution in [0.4, 0.5) is 0 Å². The predicted molar refractivity (Wildman–Crippen MR) is 86.7 cm³/mol. The van der Waals surface area contributed by atoms with Gasteiger partial charge in [0.1, 0.15) is 5.75 Å². The molecule has 19 heavy (non-hydrogen) atoms. The van der Waals surface area contributed by atoms with E-state index < -0.39 is 0 Å². The molecule has 1 aromatic carbocycles. The molecular formula is C16H24BrNO. The maximum Gasteiger partial charge on any atom is 0.126 e. The smallest absolute Gasteiger partial charge is 0.126 e. The summed E-state index contributed by atoms with van der Waals surface area (Å²) in [6.07, 6.45) is 4.31. The lowest BCUT2D eigenvalue weighted by atomic mass is 10.1. The highest BCUT2D eigenvalue weighted by molar-refractivity contribution is 9.10. The summed E-state index contributed by atoms with van der Waals surface area (Å²) < 4.78 is 6.89. The number of ether oxygens (including phenoxy) is 1. The van der Waals surface area contributed by atoms with Gasteiger partial charge in [-0.25, -0.2) is 0 Å². The average Bonchev–Trinajstić information content (AvgIpc) is 2.42. The summed E-state index contributed by atoms with van der Waals surface area (Å²) in [6.45, 7) is 9.13. The summed E-state index contributed by atoms with van der Waals surface area (Å²) in [5, 5.41) is 3.38. The van der Waals surface area contributed by atoms with Crippen LogP contribution in [0.3, 0.4) is 0 Å². The van der Waals surface area contributed by atoms with Gasteiger partial charge in [0, 0.05) is 16.6 Å². The standard InChI is InChI=1S/C16H24BrNO/c1-4-9-19-16-8-7-15(17)11-14(16)10-13(5-2)12-18-6-3/h7-8,10-11,18H,4-6,9,12H2,1-3H3. The van der Waals surface area contributed by atoms with Crippen molar-refractivity contribution >= 4 is 22.0 Å². The molecule has 1 aromatic rings. The lowest BCUT2D eigenvalue weighted by Crippen LogP contribution is -2.15. The Morgan fingerprint density at radius 3 is 2.74 bits per heavy atom. The van der Waals surface area contributed by atoms with Crippen LogP contribution in [0.1, 0.15) is 39.2 Å². The zero-order valence-electron chi connectivity index (χ0n) is 12.1. The molecule has 106 valence electrons. The molecule has 0 aliphatic carbocycles. The second-order valence-electron chi connectivity index (χ2n) is 4.47. The Morgan fingerprint density at radius 1 is 1.32 bits per heavy atom. The van der Waals surface area contributed by atoms with Gasteiger partial charge in [-0.2, -0.15) is 0 Å². The van der Waals surface area contributed by atoms with Gasteiger partial charge in [-0.1, -0.05) is 48.4 Å². The van der Waals surface area contributed by atoms with E-state index >= 15 is 0 Å². The van der Waals surface area contributed by atoms with Crippen molar-refractivity contribution in [1.29, 1.82) is 0 Å². The van der Waals surface area contributed by atoms with Crippen LogP contribution in [0, 0.1) is 0 Å². The zero-order chi connectivity index (χ0) is 14.1. The van der Waals surface area contributed by atoms with E-state index in [-0.39, 0.29) is 0 Å². The van der Waals surface area contributed by atoms with Crippen molar-refractivity contribution in [2.75, 3.05) is 19.7 Å². The molecule has 0 atom stereocenters. The fraction of sp³-hybridized carbons (Fsp3) is 0.500. The number of hydrogen-bond donors (Lipinski definition) is 1. The molecule has 0 aliphatic heterocycles. The number of rotatable bonds is 8. The minimum absolute atomic E-state index is 0.761. The van der Waals surface area contributed by atoms with Gasteiger partial charge in [-0.15, -0.1) is 0 Å². The number of hydrogen-bond acceptors (Lipinski definition) is 2. The number of halogens is 1. The van der Waals surface area contributed by atoms with Gasteiger partial charge < -0.3 is 10.1 Å². The summed E-state index contributed by atoms with van der Waals surface area (Å²) in [6, 6.07) is 6.18. The maximum absolute atomic E-state index is 5.81. The quantitative estimate of drug-likeness (QED) is 0.751. The predicted octanol–water partition coefficient (Wildman–Crippen LogP) is 4.64. The zero-order valence-corrected chi connectivity index (χ0v) is 13.7. The monoisotopic (exact) mass is 325 g/mol. The summed E-state index contributed by atoms with van der Waals surface area (Å²) in [4.78, 5) is 0. The Kier molecular flexibility index (Phi) is 7.84. The molecule has 3 heteroatoms. The van der Waals surface area contributed by atoms with Gasteiger partial charge in [-0.3, -0.25) is 0 Å². The largest absolute Gasteiger partial charge is 0.493 e. The summed E-state index contributed by atoms with van der Waals surface area (Å²) in [7, 11) is 0. The third kappa shape index (κ3) is 5.79. The molecule has 0 fully saturated rings. The van der Waals surface area contributed by atoms with Crippen molar-refractivity contribution in [2.24, 2.45) is 0 Å². The first-order chi connectivity index (χ1) is 9.21. The van der Waals surface area contributed by atoms with Crippen molar-refractivity contribution in [3.05, 3.63) is 33.8 Å². The van der Waals surface area contributed by atoms with E-state index in [0.717, 1.165) is 48.3 Å². The van der Waals surface area contributed by atoms with Crippen LogP contribution < -0.4 is 10.1 Å². The molecule has 0 radical (unpaired) electrons. The van der Waals surface area contributed by atoms with E-state index in [9.17, 15) is 0 Å². The van der Waals surface area contributed by atoms with Crippen molar-refractivity contribution in [3.63, 3.8) is 0 Å². The van der Waals surface area contributed by atoms with Crippen LogP contribution in [0.15, 0.2) is 28.2 Å². The topological polar surface area (TPSA) is 21.3 Å². The van der Waals surface area contributed by atoms with Gasteiger partial charge in [0.15, 0.2) is 0 Å². The third-order valence-corrected chi connectivity index (χ3v) is 3.34. The highest BCUT2D eigenvalue weighted by Crippen LogP contribution is 2.26. The molecule has 0 saturated carbocycles. The Hall–Kier alpha value is -0.800. The highest BCUT2D eigenvalue weighted by atomic mass is 79.9. The molecule has 0 aliphatic rings. The molecule has 0 saturated heterocycles. The Bertz CT molecular complexity index is 415. The summed E-state index contributed by atoms with van der Waals surface area (Å²) in [5.74, 6) is 0.965. The van der Waals surface area contributed by atoms with Gasteiger partial charge in [0.2, 0.25) is 0 Å². The lowest BCUT2D eigenvalue weighted by Gasteiger charge is -2.11. The third-order valence-electron chi connectivity index (χ3n) is 2.85. The van der Waals surface area contributed by atoms with Crippen LogP contribution in [-0.2, 0) is 0 Å². The van der Waals surface area contributed by atoms with E-state index in [2.05, 4.69) is 54.2 Å². The van der Waals surface area contributed by atoms with Gasteiger partial charge in [0.25, 0.3) is 0 Å². The van der Waals surface area contributed by atoms with E-state index in [0.29, 0.717) is 0 Å². The maximum atomic E-state index is 5.81. The fourth-order valence-corrected chi connectivity index (χ4v) is 2.14. The normalized spacial score (nSPS) is 11.7. The number of likely N-dealkylation sites (N-methyl/N-ethyl adjacent to an activating group) is 1. The van der Waals surface area contributed by atoms with Crippen molar-refractivity contribution < 1.29 is 4.74 Å². The summed E-state index contributed by atoms with van der Waals surface area (Å²) >= 11 is 3.53. The second kappa shape index (κ2) is 9.16. The lowest BCUT2D eigenvalue weighted by molar-refractivity contribution is 0.316. The Morgan fingerprint density at radius 2 is 2.11 bits per heavy atom. The van der Waals surface area contributed by atoms with Gasteiger partial charge in [0.05, 0.1) is 6.61 Å². The SMILES string of the molecule is CCCOc1ccc(Br)cc1C=C(CC)CNCC. The first kappa shape index (κ1) is 16.3. The minimum atomic E-state index is 0.761. The molecule has 0 heterocycles. The van der Waals surface area contributed by atoms with E-state index in [4.69, 9.17) is 4.74 Å². The van der Waals surface area contributed by atoms with Crippen molar-refractivity contribution in [2.45, 2.75) is 33.6 Å². The molecule has 2 nitrogen and oxygen atoms in total. The molecule has 0 spiro atoms. The highest BCUT2D eigenvalue weighted by Gasteiger charge is 2.04. The molecule has 0 bridgehead atoms. The fourth-order valence-electron chi connectivity index (χ4n) is 1.76. The van der Waals surface area contributed by atoms with Crippen molar-refractivity contribution in [1.82, 2.24) is 5.32 Å². The first-order valence-corrected chi connectivity index (χ1v) is 7.83. The molecule has 0 amide bonds.